The maximum absolute atomic E-state index is 5.35. The fourth-order valence-corrected chi connectivity index (χ4v) is 2.58. The number of nitrogens with one attached hydrogen (secondary N) is 2. The molecule has 2 aromatic heterocycles. The molecule has 0 amide bonds. The molecule has 0 bridgehead atoms. The fourth-order valence-electron chi connectivity index (χ4n) is 2.58. The van der Waals surface area contributed by atoms with E-state index in [2.05, 4.69) is 38.5 Å². The van der Waals surface area contributed by atoms with E-state index >= 15 is 0 Å². The smallest absolute Gasteiger partial charge is 0.223 e. The van der Waals surface area contributed by atoms with Crippen molar-refractivity contribution in [2.24, 2.45) is 5.92 Å². The first-order chi connectivity index (χ1) is 11.7. The molecule has 0 aliphatic rings. The molecule has 1 aromatic carbocycles. The van der Waals surface area contributed by atoms with Crippen molar-refractivity contribution < 1.29 is 9.47 Å². The van der Waals surface area contributed by atoms with Crippen LogP contribution in [0.1, 0.15) is 12.5 Å². The lowest BCUT2D eigenvalue weighted by Crippen LogP contribution is -2.15. The summed E-state index contributed by atoms with van der Waals surface area (Å²) in [6, 6.07) is 6.01. The van der Waals surface area contributed by atoms with Crippen molar-refractivity contribution >= 4 is 17.0 Å². The van der Waals surface area contributed by atoms with E-state index in [0.717, 1.165) is 35.5 Å². The van der Waals surface area contributed by atoms with Crippen molar-refractivity contribution in [3.05, 3.63) is 36.2 Å². The van der Waals surface area contributed by atoms with Crippen LogP contribution in [0.25, 0.3) is 11.0 Å². The third-order valence-corrected chi connectivity index (χ3v) is 3.83. The second kappa shape index (κ2) is 7.16. The van der Waals surface area contributed by atoms with Gasteiger partial charge in [0.25, 0.3) is 0 Å². The third-order valence-electron chi connectivity index (χ3n) is 3.83. The zero-order valence-electron chi connectivity index (χ0n) is 14.0. The molecule has 24 heavy (non-hydrogen) atoms. The predicted octanol–water partition coefficient (Wildman–Crippen LogP) is 2.66. The minimum absolute atomic E-state index is 0.409. The molecule has 7 nitrogen and oxygen atoms in total. The average Bonchev–Trinajstić information content (AvgIpc) is 3.07. The Labute approximate surface area is 140 Å². The standard InChI is InChI=1S/C17H21N5O2/c1-11(6-12-4-5-15(23-2)16(7-12)24-3)8-18-17-19-9-14-13(21-17)10-20-22-14/h4-5,7,9-11H,6,8H2,1-3H3,(H,20,22)(H,18,19,21). The number of benzene rings is 1. The highest BCUT2D eigenvalue weighted by atomic mass is 16.5. The summed E-state index contributed by atoms with van der Waals surface area (Å²) in [6.07, 6.45) is 4.34. The molecule has 126 valence electrons. The largest absolute Gasteiger partial charge is 0.493 e. The lowest BCUT2D eigenvalue weighted by atomic mass is 10.0. The van der Waals surface area contributed by atoms with E-state index in [1.54, 1.807) is 26.6 Å². The average molecular weight is 327 g/mol. The van der Waals surface area contributed by atoms with Gasteiger partial charge in [-0.05, 0) is 30.0 Å². The van der Waals surface area contributed by atoms with Crippen LogP contribution in [0.5, 0.6) is 11.5 Å². The van der Waals surface area contributed by atoms with Gasteiger partial charge >= 0.3 is 0 Å². The molecule has 1 atom stereocenters. The number of aromatic amines is 1. The van der Waals surface area contributed by atoms with Crippen molar-refractivity contribution in [3.8, 4) is 11.5 Å². The molecule has 0 aliphatic carbocycles. The Kier molecular flexibility index (Phi) is 4.79. The van der Waals surface area contributed by atoms with Gasteiger partial charge in [-0.1, -0.05) is 13.0 Å². The van der Waals surface area contributed by atoms with Gasteiger partial charge in [0, 0.05) is 6.54 Å². The van der Waals surface area contributed by atoms with E-state index in [-0.39, 0.29) is 0 Å². The van der Waals surface area contributed by atoms with Crippen molar-refractivity contribution in [1.29, 1.82) is 0 Å². The maximum Gasteiger partial charge on any atom is 0.223 e. The van der Waals surface area contributed by atoms with Crippen LogP contribution in [0, 0.1) is 5.92 Å². The lowest BCUT2D eigenvalue weighted by Gasteiger charge is -2.14. The molecule has 0 fully saturated rings. The first-order valence-corrected chi connectivity index (χ1v) is 7.80. The number of nitrogens with zero attached hydrogens (tertiary/aromatic N) is 3. The number of aromatic nitrogens is 4. The summed E-state index contributed by atoms with van der Waals surface area (Å²) in [5.74, 6) is 2.52. The molecule has 3 rings (SSSR count). The summed E-state index contributed by atoms with van der Waals surface area (Å²) in [7, 11) is 3.29. The molecule has 7 heteroatoms. The zero-order chi connectivity index (χ0) is 16.9. The van der Waals surface area contributed by atoms with E-state index in [4.69, 9.17) is 9.47 Å². The minimum Gasteiger partial charge on any atom is -0.493 e. The van der Waals surface area contributed by atoms with Gasteiger partial charge in [-0.15, -0.1) is 0 Å². The zero-order valence-corrected chi connectivity index (χ0v) is 14.0. The molecule has 2 heterocycles. The number of methoxy groups -OCH3 is 2. The van der Waals surface area contributed by atoms with E-state index in [1.807, 2.05) is 12.1 Å². The number of ether oxygens (including phenoxy) is 2. The second-order valence-corrected chi connectivity index (χ2v) is 5.74. The topological polar surface area (TPSA) is 85.0 Å². The summed E-state index contributed by atoms with van der Waals surface area (Å²) in [6.45, 7) is 2.96. The van der Waals surface area contributed by atoms with Crippen LogP contribution in [0.3, 0.4) is 0 Å². The number of rotatable bonds is 7. The highest BCUT2D eigenvalue weighted by Crippen LogP contribution is 2.28. The monoisotopic (exact) mass is 327 g/mol. The first kappa shape index (κ1) is 16.0. The normalized spacial score (nSPS) is 12.1. The minimum atomic E-state index is 0.409. The first-order valence-electron chi connectivity index (χ1n) is 7.80. The van der Waals surface area contributed by atoms with Crippen LogP contribution in [-0.4, -0.2) is 40.9 Å². The Hall–Kier alpha value is -2.83. The summed E-state index contributed by atoms with van der Waals surface area (Å²) < 4.78 is 10.6. The van der Waals surface area contributed by atoms with Gasteiger partial charge < -0.3 is 14.8 Å². The maximum atomic E-state index is 5.35. The molecule has 0 spiro atoms. The van der Waals surface area contributed by atoms with Crippen molar-refractivity contribution in [2.45, 2.75) is 13.3 Å². The second-order valence-electron chi connectivity index (χ2n) is 5.74. The van der Waals surface area contributed by atoms with Crippen LogP contribution in [0.4, 0.5) is 5.95 Å². The molecule has 1 unspecified atom stereocenters. The van der Waals surface area contributed by atoms with Crippen molar-refractivity contribution in [1.82, 2.24) is 20.2 Å². The van der Waals surface area contributed by atoms with E-state index in [9.17, 15) is 0 Å². The van der Waals surface area contributed by atoms with E-state index in [1.165, 1.54) is 5.56 Å². The molecule has 0 saturated heterocycles. The van der Waals surface area contributed by atoms with Crippen LogP contribution in [-0.2, 0) is 6.42 Å². The van der Waals surface area contributed by atoms with Gasteiger partial charge in [-0.25, -0.2) is 9.97 Å². The highest BCUT2D eigenvalue weighted by molar-refractivity contribution is 5.73. The Morgan fingerprint density at radius 3 is 2.79 bits per heavy atom. The predicted molar refractivity (Wildman–Crippen MR) is 92.6 cm³/mol. The Balaban J connectivity index is 1.59. The Bertz CT molecular complexity index is 818. The van der Waals surface area contributed by atoms with Crippen molar-refractivity contribution in [2.75, 3.05) is 26.1 Å². The van der Waals surface area contributed by atoms with Gasteiger partial charge in [0.1, 0.15) is 11.0 Å². The van der Waals surface area contributed by atoms with Crippen LogP contribution >= 0.6 is 0 Å². The number of hydrogen-bond acceptors (Lipinski definition) is 6. The number of fused-ring (bicyclic) bond motifs is 1. The molecule has 2 N–H and O–H groups in total. The Morgan fingerprint density at radius 1 is 1.17 bits per heavy atom. The third kappa shape index (κ3) is 3.56. The number of H-pyrrole nitrogens is 1. The highest BCUT2D eigenvalue weighted by Gasteiger charge is 2.09. The quantitative estimate of drug-likeness (QED) is 0.694. The number of hydrogen-bond donors (Lipinski definition) is 2. The van der Waals surface area contributed by atoms with Gasteiger partial charge in [-0.3, -0.25) is 5.10 Å². The van der Waals surface area contributed by atoms with E-state index < -0.39 is 0 Å². The van der Waals surface area contributed by atoms with Crippen LogP contribution in [0.15, 0.2) is 30.6 Å². The lowest BCUT2D eigenvalue weighted by molar-refractivity contribution is 0.354. The summed E-state index contributed by atoms with van der Waals surface area (Å²) >= 11 is 0. The van der Waals surface area contributed by atoms with Gasteiger partial charge in [0.15, 0.2) is 11.5 Å². The molecule has 3 aromatic rings. The molecule has 0 aliphatic heterocycles. The summed E-state index contributed by atoms with van der Waals surface area (Å²) in [4.78, 5) is 8.69. The summed E-state index contributed by atoms with van der Waals surface area (Å²) in [5.41, 5.74) is 2.84. The fraction of sp³-hybridized carbons (Fsp3) is 0.353. The van der Waals surface area contributed by atoms with Gasteiger partial charge in [0.2, 0.25) is 5.95 Å². The SMILES string of the molecule is COc1ccc(CC(C)CNc2ncc3[nH]ncc3n2)cc1OC. The van der Waals surface area contributed by atoms with Crippen molar-refractivity contribution in [3.63, 3.8) is 0 Å². The van der Waals surface area contributed by atoms with Gasteiger partial charge in [-0.2, -0.15) is 5.10 Å². The molecular weight excluding hydrogens is 306 g/mol. The summed E-state index contributed by atoms with van der Waals surface area (Å²) in [5, 5.41) is 10.1. The van der Waals surface area contributed by atoms with Crippen LogP contribution in [0.2, 0.25) is 0 Å². The Morgan fingerprint density at radius 2 is 2.00 bits per heavy atom. The van der Waals surface area contributed by atoms with Gasteiger partial charge in [0.05, 0.1) is 26.6 Å². The molecule has 0 saturated carbocycles. The van der Waals surface area contributed by atoms with Crippen LogP contribution < -0.4 is 14.8 Å². The molecular formula is C17H21N5O2. The van der Waals surface area contributed by atoms with E-state index in [0.29, 0.717) is 11.9 Å². The number of anilines is 1. The molecule has 0 radical (unpaired) electrons.